The largest absolute Gasteiger partial charge is 3.00 e. The average molecular weight is 396 g/mol. The zero-order chi connectivity index (χ0) is 19.7. The summed E-state index contributed by atoms with van der Waals surface area (Å²) in [5, 5.41) is 28.9. The Morgan fingerprint density at radius 1 is 0.480 bits per heavy atom. The summed E-state index contributed by atoms with van der Waals surface area (Å²) in [6.07, 6.45) is -0.215. The Morgan fingerprint density at radius 2 is 0.640 bits per heavy atom. The molecule has 0 aliphatic rings. The maximum absolute atomic E-state index is 10.1. The summed E-state index contributed by atoms with van der Waals surface area (Å²) in [6.45, 7) is 4.05. The Hall–Kier alpha value is -2.00. The summed E-state index contributed by atoms with van der Waals surface area (Å²) < 4.78 is 0. The number of Topliss-reactive ketones (excluding diaryl/α,β-unsaturated/α-hetero) is 3. The number of hydrogen-bond donors (Lipinski definition) is 0. The van der Waals surface area contributed by atoms with Crippen molar-refractivity contribution in [1.29, 1.82) is 0 Å². The molecule has 0 aromatic rings. The molecule has 0 saturated heterocycles. The van der Waals surface area contributed by atoms with Crippen LogP contribution in [-0.4, -0.2) is 35.3 Å². The van der Waals surface area contributed by atoms with Crippen LogP contribution >= 0.6 is 0 Å². The van der Waals surface area contributed by atoms with Crippen LogP contribution in [0, 0.1) is 0 Å². The molecule has 0 unspecified atom stereocenters. The summed E-state index contributed by atoms with van der Waals surface area (Å²) in [6, 6.07) is 0. The Morgan fingerprint density at radius 3 is 0.680 bits per heavy atom. The molecule has 0 heterocycles. The van der Waals surface area contributed by atoms with Gasteiger partial charge in [-0.3, -0.25) is 0 Å². The van der Waals surface area contributed by atoms with Crippen molar-refractivity contribution in [2.75, 3.05) is 0 Å². The topological polar surface area (TPSA) is 172 Å². The van der Waals surface area contributed by atoms with E-state index < -0.39 is 17.9 Å². The molecule has 9 nitrogen and oxygen atoms in total. The quantitative estimate of drug-likeness (QED) is 0.402. The number of carbonyl (C=O) groups excluding carboxylic acids is 6. The third-order valence-corrected chi connectivity index (χ3v) is 2.04. The van der Waals surface area contributed by atoms with Gasteiger partial charge >= 0.3 is 18.6 Å². The second-order valence-corrected chi connectivity index (χ2v) is 4.72. The van der Waals surface area contributed by atoms with Crippen LogP contribution in [0.15, 0.2) is 0 Å². The predicted molar refractivity (Wildman–Crippen MR) is 74.8 cm³/mol. The molecule has 0 aliphatic carbocycles. The molecule has 0 amide bonds. The molecular formula is C15H21O9V. The van der Waals surface area contributed by atoms with Gasteiger partial charge in [-0.15, -0.1) is 0 Å². The van der Waals surface area contributed by atoms with E-state index >= 15 is 0 Å². The molecule has 0 atom stereocenters. The SMILES string of the molecule is CC(=O)CCC(=O)[O-].CC(=O)CCC(=O)[O-].CC(=O)CCC(=O)[O-].[V+3]. The Bertz CT molecular complexity index is 349. The average Bonchev–Trinajstić information content (AvgIpc) is 2.42. The van der Waals surface area contributed by atoms with Crippen LogP contribution in [0.1, 0.15) is 59.3 Å². The molecule has 0 aliphatic heterocycles. The maximum Gasteiger partial charge on any atom is 3.00 e. The fourth-order valence-electron chi connectivity index (χ4n) is 0.834. The van der Waals surface area contributed by atoms with E-state index in [0.29, 0.717) is 0 Å². The summed E-state index contributed by atoms with van der Waals surface area (Å²) in [5.74, 6) is -3.85. The fraction of sp³-hybridized carbons (Fsp3) is 0.600. The van der Waals surface area contributed by atoms with Crippen molar-refractivity contribution in [2.24, 2.45) is 0 Å². The van der Waals surface area contributed by atoms with Gasteiger partial charge in [0.1, 0.15) is 17.3 Å². The van der Waals surface area contributed by atoms with E-state index in [1.54, 1.807) is 0 Å². The first kappa shape index (κ1) is 30.8. The van der Waals surface area contributed by atoms with Gasteiger partial charge in [0.15, 0.2) is 0 Å². The van der Waals surface area contributed by atoms with Crippen LogP contribution in [0.5, 0.6) is 0 Å². The van der Waals surface area contributed by atoms with Crippen molar-refractivity contribution in [3.63, 3.8) is 0 Å². The van der Waals surface area contributed by atoms with E-state index in [9.17, 15) is 44.1 Å². The van der Waals surface area contributed by atoms with Crippen LogP contribution in [0.4, 0.5) is 0 Å². The normalized spacial score (nSPS) is 8.28. The first-order chi connectivity index (χ1) is 10.9. The van der Waals surface area contributed by atoms with Crippen LogP contribution in [-0.2, 0) is 47.3 Å². The number of hydrogen-bond acceptors (Lipinski definition) is 9. The Labute approximate surface area is 157 Å². The number of aliphatic carboxylic acids is 3. The van der Waals surface area contributed by atoms with Gasteiger partial charge in [0.2, 0.25) is 0 Å². The summed E-state index contributed by atoms with van der Waals surface area (Å²) >= 11 is 0. The predicted octanol–water partition coefficient (Wildman–Crippen LogP) is -2.69. The minimum atomic E-state index is -1.17. The monoisotopic (exact) mass is 396 g/mol. The molecule has 0 saturated carbocycles. The first-order valence-corrected chi connectivity index (χ1v) is 6.96. The van der Waals surface area contributed by atoms with Gasteiger partial charge in [-0.05, 0) is 40.0 Å². The van der Waals surface area contributed by atoms with Gasteiger partial charge in [0.25, 0.3) is 0 Å². The van der Waals surface area contributed by atoms with Crippen molar-refractivity contribution >= 4 is 35.3 Å². The second kappa shape index (κ2) is 20.0. The maximum atomic E-state index is 10.1. The number of carboxylic acid groups (broad SMARTS) is 3. The van der Waals surface area contributed by atoms with Gasteiger partial charge in [0, 0.05) is 37.2 Å². The van der Waals surface area contributed by atoms with Crippen LogP contribution in [0.2, 0.25) is 0 Å². The van der Waals surface area contributed by atoms with E-state index in [1.807, 2.05) is 0 Å². The third kappa shape index (κ3) is 52.1. The number of ketones is 3. The number of rotatable bonds is 9. The van der Waals surface area contributed by atoms with E-state index in [0.717, 1.165) is 0 Å². The van der Waals surface area contributed by atoms with Crippen molar-refractivity contribution in [3.05, 3.63) is 0 Å². The van der Waals surface area contributed by atoms with Gasteiger partial charge < -0.3 is 44.1 Å². The van der Waals surface area contributed by atoms with Crippen LogP contribution < -0.4 is 15.3 Å². The minimum Gasteiger partial charge on any atom is -0.550 e. The molecule has 25 heavy (non-hydrogen) atoms. The van der Waals surface area contributed by atoms with E-state index in [-0.39, 0.29) is 74.4 Å². The number of carbonyl (C=O) groups is 6. The van der Waals surface area contributed by atoms with E-state index in [1.165, 1.54) is 20.8 Å². The molecule has 140 valence electrons. The van der Waals surface area contributed by atoms with Gasteiger partial charge in [-0.2, -0.15) is 0 Å². The van der Waals surface area contributed by atoms with Gasteiger partial charge in [-0.1, -0.05) is 0 Å². The molecule has 0 rings (SSSR count). The Balaban J connectivity index is -0.000000130. The molecule has 0 fully saturated rings. The third-order valence-electron chi connectivity index (χ3n) is 2.04. The van der Waals surface area contributed by atoms with Crippen molar-refractivity contribution < 1.29 is 62.6 Å². The van der Waals surface area contributed by atoms with Crippen molar-refractivity contribution in [2.45, 2.75) is 59.3 Å². The second-order valence-electron chi connectivity index (χ2n) is 4.72. The molecule has 0 spiro atoms. The van der Waals surface area contributed by atoms with Crippen molar-refractivity contribution in [1.82, 2.24) is 0 Å². The molecular weight excluding hydrogens is 375 g/mol. The fourth-order valence-corrected chi connectivity index (χ4v) is 0.834. The smallest absolute Gasteiger partial charge is 0.550 e. The van der Waals surface area contributed by atoms with Crippen molar-refractivity contribution in [3.8, 4) is 0 Å². The minimum absolute atomic E-state index is 0. The molecule has 0 aromatic heterocycles. The molecule has 10 heteroatoms. The zero-order valence-electron chi connectivity index (χ0n) is 14.4. The summed E-state index contributed by atoms with van der Waals surface area (Å²) in [7, 11) is 0. The van der Waals surface area contributed by atoms with E-state index in [2.05, 4.69) is 0 Å². The Kier molecular flexibility index (Phi) is 24.7. The molecule has 0 radical (unpaired) electrons. The first-order valence-electron chi connectivity index (χ1n) is 6.96. The van der Waals surface area contributed by atoms with Crippen LogP contribution in [0.25, 0.3) is 0 Å². The van der Waals surface area contributed by atoms with Crippen LogP contribution in [0.3, 0.4) is 0 Å². The van der Waals surface area contributed by atoms with Gasteiger partial charge in [0.05, 0.1) is 0 Å². The standard InChI is InChI=1S/3C5H8O3.V/c3*1-4(6)2-3-5(7)8;/h3*2-3H2,1H3,(H,7,8);/q;;;+3/p-3. The summed E-state index contributed by atoms with van der Waals surface area (Å²) in [5.41, 5.74) is 0. The van der Waals surface area contributed by atoms with Gasteiger partial charge in [-0.25, -0.2) is 0 Å². The zero-order valence-corrected chi connectivity index (χ0v) is 15.8. The summed E-state index contributed by atoms with van der Waals surface area (Å²) in [4.78, 5) is 59.1. The molecule has 0 aromatic carbocycles. The number of carboxylic acids is 3. The van der Waals surface area contributed by atoms with E-state index in [4.69, 9.17) is 0 Å². The molecule has 0 N–H and O–H groups in total. The molecule has 0 bridgehead atoms.